The molecule has 0 radical (unpaired) electrons. The second kappa shape index (κ2) is 12.3. The molecule has 1 aromatic carbocycles. The van der Waals surface area contributed by atoms with Crippen LogP contribution in [0.1, 0.15) is 39.7 Å². The van der Waals surface area contributed by atoms with E-state index in [0.717, 1.165) is 33.9 Å². The standard InChI is InChI=1S/C20H31BrN6O3S/c1-6-29-16-10-14(12-22-8-7-9-31-19-24-25-26-27(19)5)15(21)11-17(16)30-13-18(28)23-20(2,3)4/h10-11,22H,6-9,12-13H2,1-5H3,(H,23,28). The van der Waals surface area contributed by atoms with E-state index < -0.39 is 0 Å². The lowest BCUT2D eigenvalue weighted by molar-refractivity contribution is -0.124. The van der Waals surface area contributed by atoms with E-state index in [2.05, 4.69) is 42.1 Å². The van der Waals surface area contributed by atoms with Gasteiger partial charge in [0.05, 0.1) is 6.61 Å². The van der Waals surface area contributed by atoms with E-state index in [1.165, 1.54) is 0 Å². The van der Waals surface area contributed by atoms with Crippen molar-refractivity contribution in [3.63, 3.8) is 0 Å². The summed E-state index contributed by atoms with van der Waals surface area (Å²) >= 11 is 5.23. The number of nitrogens with one attached hydrogen (secondary N) is 2. The predicted octanol–water partition coefficient (Wildman–Crippen LogP) is 2.94. The molecule has 11 heteroatoms. The number of benzene rings is 1. The fraction of sp³-hybridized carbons (Fsp3) is 0.600. The van der Waals surface area contributed by atoms with Crippen molar-refractivity contribution in [3.05, 3.63) is 22.2 Å². The van der Waals surface area contributed by atoms with E-state index in [9.17, 15) is 4.79 Å². The Kier molecular flexibility index (Phi) is 10.0. The molecule has 0 aliphatic carbocycles. The lowest BCUT2D eigenvalue weighted by Gasteiger charge is -2.21. The molecule has 0 bridgehead atoms. The number of rotatable bonds is 12. The van der Waals surface area contributed by atoms with E-state index in [1.807, 2.05) is 46.9 Å². The third kappa shape index (κ3) is 9.04. The summed E-state index contributed by atoms with van der Waals surface area (Å²) in [7, 11) is 1.83. The number of hydrogen-bond acceptors (Lipinski definition) is 8. The molecule has 2 aromatic rings. The molecule has 0 saturated heterocycles. The normalized spacial score (nSPS) is 11.4. The second-order valence-electron chi connectivity index (χ2n) is 7.87. The summed E-state index contributed by atoms with van der Waals surface area (Å²) in [6.07, 6.45) is 0.984. The third-order valence-corrected chi connectivity index (χ3v) is 5.75. The molecular weight excluding hydrogens is 484 g/mol. The Balaban J connectivity index is 1.85. The highest BCUT2D eigenvalue weighted by atomic mass is 79.9. The molecule has 9 nitrogen and oxygen atoms in total. The molecule has 0 saturated carbocycles. The molecule has 0 aliphatic rings. The van der Waals surface area contributed by atoms with Crippen LogP contribution >= 0.6 is 27.7 Å². The Morgan fingerprint density at radius 2 is 2.00 bits per heavy atom. The van der Waals surface area contributed by atoms with Gasteiger partial charge in [-0.05, 0) is 68.8 Å². The number of carbonyl (C=O) groups is 1. The number of halogens is 1. The first-order valence-electron chi connectivity index (χ1n) is 10.1. The Bertz CT molecular complexity index is 856. The largest absolute Gasteiger partial charge is 0.490 e. The summed E-state index contributed by atoms with van der Waals surface area (Å²) in [6.45, 7) is 9.69. The average molecular weight is 515 g/mol. The Labute approximate surface area is 196 Å². The number of nitrogens with zero attached hydrogens (tertiary/aromatic N) is 4. The van der Waals surface area contributed by atoms with Gasteiger partial charge in [-0.2, -0.15) is 0 Å². The number of thioether (sulfide) groups is 1. The van der Waals surface area contributed by atoms with Gasteiger partial charge < -0.3 is 20.1 Å². The number of aromatic nitrogens is 4. The van der Waals surface area contributed by atoms with Crippen LogP contribution in [0.15, 0.2) is 21.8 Å². The Morgan fingerprint density at radius 1 is 1.26 bits per heavy atom. The van der Waals surface area contributed by atoms with Crippen LogP contribution in [0.2, 0.25) is 0 Å². The van der Waals surface area contributed by atoms with Crippen molar-refractivity contribution in [1.82, 2.24) is 30.8 Å². The first kappa shape index (κ1) is 25.4. The van der Waals surface area contributed by atoms with Crippen molar-refractivity contribution in [2.45, 2.75) is 51.4 Å². The highest BCUT2D eigenvalue weighted by molar-refractivity contribution is 9.10. The Morgan fingerprint density at radius 3 is 2.65 bits per heavy atom. The van der Waals surface area contributed by atoms with Gasteiger partial charge in [0.15, 0.2) is 18.1 Å². The van der Waals surface area contributed by atoms with Crippen LogP contribution in [0, 0.1) is 0 Å². The first-order chi connectivity index (χ1) is 14.7. The number of carbonyl (C=O) groups excluding carboxylic acids is 1. The molecule has 0 atom stereocenters. The Hall–Kier alpha value is -1.85. The third-order valence-electron chi connectivity index (χ3n) is 3.91. The van der Waals surface area contributed by atoms with Gasteiger partial charge in [-0.15, -0.1) is 5.10 Å². The van der Waals surface area contributed by atoms with Crippen LogP contribution in [-0.4, -0.2) is 57.2 Å². The number of ether oxygens (including phenoxy) is 2. The van der Waals surface area contributed by atoms with Crippen molar-refractivity contribution in [2.24, 2.45) is 7.05 Å². The lowest BCUT2D eigenvalue weighted by Crippen LogP contribution is -2.43. The van der Waals surface area contributed by atoms with Crippen molar-refractivity contribution >= 4 is 33.6 Å². The minimum Gasteiger partial charge on any atom is -0.490 e. The zero-order valence-corrected chi connectivity index (χ0v) is 21.1. The van der Waals surface area contributed by atoms with Crippen molar-refractivity contribution in [3.8, 4) is 11.5 Å². The number of aryl methyl sites for hydroxylation is 1. The van der Waals surface area contributed by atoms with Gasteiger partial charge in [0.25, 0.3) is 5.91 Å². The van der Waals surface area contributed by atoms with E-state index in [-0.39, 0.29) is 18.1 Å². The molecular formula is C20H31BrN6O3S. The molecule has 0 aliphatic heterocycles. The molecule has 2 rings (SSSR count). The summed E-state index contributed by atoms with van der Waals surface area (Å²) in [5.74, 6) is 1.91. The maximum atomic E-state index is 12.1. The minimum atomic E-state index is -0.303. The van der Waals surface area contributed by atoms with Crippen LogP contribution in [0.5, 0.6) is 11.5 Å². The highest BCUT2D eigenvalue weighted by Crippen LogP contribution is 2.34. The van der Waals surface area contributed by atoms with Gasteiger partial charge in [0.2, 0.25) is 5.16 Å². The molecule has 172 valence electrons. The number of amides is 1. The fourth-order valence-electron chi connectivity index (χ4n) is 2.62. The summed E-state index contributed by atoms with van der Waals surface area (Å²) in [5.41, 5.74) is 0.753. The summed E-state index contributed by atoms with van der Waals surface area (Å²) in [5, 5.41) is 18.5. The summed E-state index contributed by atoms with van der Waals surface area (Å²) < 4.78 is 14.0. The van der Waals surface area contributed by atoms with Crippen LogP contribution in [0.4, 0.5) is 0 Å². The van der Waals surface area contributed by atoms with Gasteiger partial charge in [0.1, 0.15) is 0 Å². The van der Waals surface area contributed by atoms with Crippen LogP contribution in [0.3, 0.4) is 0 Å². The smallest absolute Gasteiger partial charge is 0.258 e. The first-order valence-corrected chi connectivity index (χ1v) is 11.9. The molecule has 0 spiro atoms. The second-order valence-corrected chi connectivity index (χ2v) is 9.79. The van der Waals surface area contributed by atoms with E-state index in [0.29, 0.717) is 24.7 Å². The van der Waals surface area contributed by atoms with Crippen LogP contribution in [-0.2, 0) is 18.4 Å². The van der Waals surface area contributed by atoms with Gasteiger partial charge in [-0.25, -0.2) is 4.68 Å². The summed E-state index contributed by atoms with van der Waals surface area (Å²) in [6, 6.07) is 3.79. The predicted molar refractivity (Wildman–Crippen MR) is 125 cm³/mol. The van der Waals surface area contributed by atoms with Gasteiger partial charge in [-0.1, -0.05) is 27.7 Å². The van der Waals surface area contributed by atoms with Crippen molar-refractivity contribution in [2.75, 3.05) is 25.5 Å². The maximum Gasteiger partial charge on any atom is 0.258 e. The molecule has 1 amide bonds. The van der Waals surface area contributed by atoms with Gasteiger partial charge >= 0.3 is 0 Å². The lowest BCUT2D eigenvalue weighted by atomic mass is 10.1. The zero-order chi connectivity index (χ0) is 22.9. The van der Waals surface area contributed by atoms with Crippen molar-refractivity contribution < 1.29 is 14.3 Å². The molecule has 0 unspecified atom stereocenters. The van der Waals surface area contributed by atoms with Gasteiger partial charge in [-0.3, -0.25) is 4.79 Å². The highest BCUT2D eigenvalue weighted by Gasteiger charge is 2.16. The molecule has 2 N–H and O–H groups in total. The maximum absolute atomic E-state index is 12.1. The van der Waals surface area contributed by atoms with E-state index in [1.54, 1.807) is 16.4 Å². The van der Waals surface area contributed by atoms with Gasteiger partial charge in [0, 0.05) is 29.4 Å². The molecule has 31 heavy (non-hydrogen) atoms. The number of hydrogen-bond donors (Lipinski definition) is 2. The van der Waals surface area contributed by atoms with Crippen LogP contribution < -0.4 is 20.1 Å². The van der Waals surface area contributed by atoms with Crippen LogP contribution in [0.25, 0.3) is 0 Å². The fourth-order valence-corrected chi connectivity index (χ4v) is 3.87. The SMILES string of the molecule is CCOc1cc(CNCCCSc2nnnn2C)c(Br)cc1OCC(=O)NC(C)(C)C. The summed E-state index contributed by atoms with van der Waals surface area (Å²) in [4.78, 5) is 12.1. The van der Waals surface area contributed by atoms with Crippen molar-refractivity contribution in [1.29, 1.82) is 0 Å². The van der Waals surface area contributed by atoms with E-state index in [4.69, 9.17) is 9.47 Å². The monoisotopic (exact) mass is 514 g/mol. The molecule has 0 fully saturated rings. The quantitative estimate of drug-likeness (QED) is 0.329. The molecule has 1 heterocycles. The zero-order valence-electron chi connectivity index (χ0n) is 18.7. The minimum absolute atomic E-state index is 0.0694. The number of tetrazole rings is 1. The van der Waals surface area contributed by atoms with E-state index >= 15 is 0 Å². The molecule has 1 aromatic heterocycles. The topological polar surface area (TPSA) is 103 Å². The average Bonchev–Trinajstić information content (AvgIpc) is 3.09.